The summed E-state index contributed by atoms with van der Waals surface area (Å²) in [7, 11) is 1.79. The lowest BCUT2D eigenvalue weighted by atomic mass is 10.1. The predicted molar refractivity (Wildman–Crippen MR) is 103 cm³/mol. The summed E-state index contributed by atoms with van der Waals surface area (Å²) in [5, 5.41) is 7.42. The Morgan fingerprint density at radius 2 is 2.04 bits per heavy atom. The highest BCUT2D eigenvalue weighted by Crippen LogP contribution is 2.17. The van der Waals surface area contributed by atoms with E-state index in [1.807, 2.05) is 30.3 Å². The number of aromatic amines is 1. The first-order valence-corrected chi connectivity index (χ1v) is 8.30. The van der Waals surface area contributed by atoms with Crippen molar-refractivity contribution in [2.45, 2.75) is 19.4 Å². The average Bonchev–Trinajstić information content (AvgIpc) is 3.31. The maximum Gasteiger partial charge on any atom is 0.256 e. The summed E-state index contributed by atoms with van der Waals surface area (Å²) < 4.78 is 5.22. The summed E-state index contributed by atoms with van der Waals surface area (Å²) in [6.07, 6.45) is 3.14. The molecule has 0 saturated heterocycles. The number of furan rings is 1. The zero-order chi connectivity index (χ0) is 17.6. The molecule has 0 unspecified atom stereocenters. The van der Waals surface area contributed by atoms with Gasteiger partial charge in [0.1, 0.15) is 12.0 Å². The Morgan fingerprint density at radius 3 is 2.73 bits per heavy atom. The standard InChI is InChI=1S/C19H22N4O2.ClH/c1-23(19(24)15-10-17(12-20)25-13-15)9-5-8-16-11-18(22-21-16)14-6-3-2-4-7-14;/h2-4,6-7,10-11,13H,5,8-9,12,20H2,1H3,(H,21,22);1H. The molecule has 0 aliphatic heterocycles. The first kappa shape index (κ1) is 19.8. The number of benzene rings is 1. The van der Waals surface area contributed by atoms with Crippen LogP contribution in [0.25, 0.3) is 11.3 Å². The Morgan fingerprint density at radius 1 is 1.27 bits per heavy atom. The Labute approximate surface area is 158 Å². The summed E-state index contributed by atoms with van der Waals surface area (Å²) >= 11 is 0. The second-order valence-electron chi connectivity index (χ2n) is 5.98. The van der Waals surface area contributed by atoms with Crippen molar-refractivity contribution in [2.75, 3.05) is 13.6 Å². The maximum atomic E-state index is 12.3. The van der Waals surface area contributed by atoms with Gasteiger partial charge in [-0.25, -0.2) is 0 Å². The molecule has 0 saturated carbocycles. The molecule has 6 nitrogen and oxygen atoms in total. The lowest BCUT2D eigenvalue weighted by Gasteiger charge is -2.15. The molecule has 2 aromatic heterocycles. The molecule has 3 N–H and O–H groups in total. The summed E-state index contributed by atoms with van der Waals surface area (Å²) in [5.41, 5.74) is 9.13. The lowest BCUT2D eigenvalue weighted by Crippen LogP contribution is -2.27. The molecule has 0 fully saturated rings. The Kier molecular flexibility index (Phi) is 7.00. The fourth-order valence-corrected chi connectivity index (χ4v) is 2.67. The van der Waals surface area contributed by atoms with Crippen LogP contribution in [0.3, 0.4) is 0 Å². The summed E-state index contributed by atoms with van der Waals surface area (Å²) in [4.78, 5) is 14.0. The Bertz CT molecular complexity index is 829. The van der Waals surface area contributed by atoms with Crippen LogP contribution in [-0.4, -0.2) is 34.6 Å². The number of carbonyl (C=O) groups is 1. The highest BCUT2D eigenvalue weighted by molar-refractivity contribution is 5.93. The monoisotopic (exact) mass is 374 g/mol. The second-order valence-corrected chi connectivity index (χ2v) is 5.98. The largest absolute Gasteiger partial charge is 0.467 e. The number of aromatic nitrogens is 2. The molecule has 0 aliphatic rings. The molecular formula is C19H23ClN4O2. The number of aryl methyl sites for hydroxylation is 1. The van der Waals surface area contributed by atoms with Crippen LogP contribution in [0.2, 0.25) is 0 Å². The first-order valence-electron chi connectivity index (χ1n) is 8.30. The quantitative estimate of drug-likeness (QED) is 0.664. The van der Waals surface area contributed by atoms with Gasteiger partial charge in [0.25, 0.3) is 5.91 Å². The van der Waals surface area contributed by atoms with E-state index in [1.165, 1.54) is 6.26 Å². The summed E-state index contributed by atoms with van der Waals surface area (Å²) in [6.45, 7) is 0.947. The van der Waals surface area contributed by atoms with Gasteiger partial charge in [-0.2, -0.15) is 5.10 Å². The molecule has 2 heterocycles. The van der Waals surface area contributed by atoms with Gasteiger partial charge in [0.05, 0.1) is 17.8 Å². The predicted octanol–water partition coefficient (Wildman–Crippen LogP) is 3.26. The van der Waals surface area contributed by atoms with Gasteiger partial charge in [0.15, 0.2) is 0 Å². The van der Waals surface area contributed by atoms with Crippen molar-refractivity contribution in [1.29, 1.82) is 0 Å². The zero-order valence-electron chi connectivity index (χ0n) is 14.6. The third-order valence-electron chi connectivity index (χ3n) is 4.09. The van der Waals surface area contributed by atoms with E-state index in [1.54, 1.807) is 18.0 Å². The van der Waals surface area contributed by atoms with Crippen molar-refractivity contribution in [1.82, 2.24) is 15.1 Å². The number of H-pyrrole nitrogens is 1. The maximum absolute atomic E-state index is 12.3. The molecule has 3 aromatic rings. The minimum Gasteiger partial charge on any atom is -0.467 e. The normalized spacial score (nSPS) is 10.4. The van der Waals surface area contributed by atoms with Gasteiger partial charge in [-0.1, -0.05) is 30.3 Å². The van der Waals surface area contributed by atoms with Gasteiger partial charge in [0.2, 0.25) is 0 Å². The highest BCUT2D eigenvalue weighted by Gasteiger charge is 2.14. The molecule has 1 aromatic carbocycles. The third-order valence-corrected chi connectivity index (χ3v) is 4.09. The van der Waals surface area contributed by atoms with Crippen molar-refractivity contribution in [3.8, 4) is 11.3 Å². The number of nitrogens with one attached hydrogen (secondary N) is 1. The number of hydrogen-bond donors (Lipinski definition) is 2. The van der Waals surface area contributed by atoms with Crippen molar-refractivity contribution in [2.24, 2.45) is 5.73 Å². The van der Waals surface area contributed by atoms with Crippen LogP contribution < -0.4 is 5.73 Å². The molecule has 3 rings (SSSR count). The van der Waals surface area contributed by atoms with E-state index in [9.17, 15) is 4.79 Å². The molecule has 0 spiro atoms. The van der Waals surface area contributed by atoms with E-state index in [0.29, 0.717) is 24.4 Å². The highest BCUT2D eigenvalue weighted by atomic mass is 35.5. The number of amides is 1. The van der Waals surface area contributed by atoms with Crippen molar-refractivity contribution >= 4 is 18.3 Å². The van der Waals surface area contributed by atoms with E-state index in [-0.39, 0.29) is 18.3 Å². The molecule has 26 heavy (non-hydrogen) atoms. The molecule has 7 heteroatoms. The van der Waals surface area contributed by atoms with E-state index in [2.05, 4.69) is 16.3 Å². The number of hydrogen-bond acceptors (Lipinski definition) is 4. The van der Waals surface area contributed by atoms with Gasteiger partial charge in [0, 0.05) is 24.8 Å². The lowest BCUT2D eigenvalue weighted by molar-refractivity contribution is 0.0793. The molecular weight excluding hydrogens is 352 g/mol. The van der Waals surface area contributed by atoms with Crippen LogP contribution in [0.5, 0.6) is 0 Å². The third kappa shape index (κ3) is 4.74. The van der Waals surface area contributed by atoms with Crippen LogP contribution in [0, 0.1) is 0 Å². The number of nitrogens with zero attached hydrogens (tertiary/aromatic N) is 2. The molecule has 0 atom stereocenters. The van der Waals surface area contributed by atoms with Gasteiger partial charge in [-0.3, -0.25) is 9.89 Å². The van der Waals surface area contributed by atoms with Crippen molar-refractivity contribution in [3.63, 3.8) is 0 Å². The van der Waals surface area contributed by atoms with Gasteiger partial charge in [-0.15, -0.1) is 12.4 Å². The van der Waals surface area contributed by atoms with Crippen LogP contribution in [-0.2, 0) is 13.0 Å². The van der Waals surface area contributed by atoms with E-state index in [4.69, 9.17) is 10.2 Å². The fourth-order valence-electron chi connectivity index (χ4n) is 2.67. The molecule has 138 valence electrons. The van der Waals surface area contributed by atoms with Crippen molar-refractivity contribution in [3.05, 3.63) is 65.7 Å². The fraction of sp³-hybridized carbons (Fsp3) is 0.263. The van der Waals surface area contributed by atoms with Gasteiger partial charge >= 0.3 is 0 Å². The molecule has 0 aliphatic carbocycles. The van der Waals surface area contributed by atoms with Crippen LogP contribution >= 0.6 is 12.4 Å². The second kappa shape index (κ2) is 9.22. The summed E-state index contributed by atoms with van der Waals surface area (Å²) in [6, 6.07) is 13.8. The minimum absolute atomic E-state index is 0. The van der Waals surface area contributed by atoms with Gasteiger partial charge < -0.3 is 15.1 Å². The molecule has 0 bridgehead atoms. The van der Waals surface area contributed by atoms with Gasteiger partial charge in [-0.05, 0) is 25.0 Å². The molecule has 1 amide bonds. The first-order chi connectivity index (χ1) is 12.2. The number of rotatable bonds is 7. The number of nitrogens with two attached hydrogens (primary N) is 1. The Hall–Kier alpha value is -2.57. The average molecular weight is 375 g/mol. The van der Waals surface area contributed by atoms with Crippen molar-refractivity contribution < 1.29 is 9.21 Å². The molecule has 0 radical (unpaired) electrons. The number of halogens is 1. The zero-order valence-corrected chi connectivity index (χ0v) is 15.5. The Balaban J connectivity index is 0.00000243. The van der Waals surface area contributed by atoms with Crippen LogP contribution in [0.15, 0.2) is 53.1 Å². The van der Waals surface area contributed by atoms with Crippen LogP contribution in [0.4, 0.5) is 0 Å². The SMILES string of the molecule is CN(CCCc1cc(-c2ccccc2)n[nH]1)C(=O)c1coc(CN)c1.Cl. The van der Waals surface area contributed by atoms with Crippen LogP contribution in [0.1, 0.15) is 28.2 Å². The minimum atomic E-state index is -0.0574. The summed E-state index contributed by atoms with van der Waals surface area (Å²) in [5.74, 6) is 0.556. The van der Waals surface area contributed by atoms with E-state index in [0.717, 1.165) is 29.8 Å². The smallest absolute Gasteiger partial charge is 0.256 e. The van der Waals surface area contributed by atoms with E-state index >= 15 is 0 Å². The number of carbonyl (C=O) groups excluding carboxylic acids is 1. The van der Waals surface area contributed by atoms with E-state index < -0.39 is 0 Å². The topological polar surface area (TPSA) is 88.2 Å².